The quantitative estimate of drug-likeness (QED) is 0.889. The number of carbonyl (C=O) groups is 1. The van der Waals surface area contributed by atoms with Gasteiger partial charge in [-0.3, -0.25) is 9.69 Å². The van der Waals surface area contributed by atoms with E-state index in [2.05, 4.69) is 12.2 Å². The average Bonchev–Trinajstić information content (AvgIpc) is 2.43. The van der Waals surface area contributed by atoms with Crippen molar-refractivity contribution in [3.63, 3.8) is 0 Å². The number of hydrogen-bond acceptors (Lipinski definition) is 3. The number of nitrogens with two attached hydrogens (primary N) is 1. The van der Waals surface area contributed by atoms with Gasteiger partial charge in [0.2, 0.25) is 5.91 Å². The second-order valence-electron chi connectivity index (χ2n) is 5.57. The van der Waals surface area contributed by atoms with E-state index in [0.29, 0.717) is 12.5 Å². The number of nitrogens with one attached hydrogen (secondary N) is 1. The highest BCUT2D eigenvalue weighted by Gasteiger charge is 2.28. The van der Waals surface area contributed by atoms with Crippen molar-refractivity contribution in [3.8, 4) is 0 Å². The van der Waals surface area contributed by atoms with Crippen LogP contribution in [-0.4, -0.2) is 36.5 Å². The van der Waals surface area contributed by atoms with Gasteiger partial charge < -0.3 is 11.1 Å². The zero-order chi connectivity index (χ0) is 15.4. The number of nitrogens with zero attached hydrogens (tertiary/aromatic N) is 1. The summed E-state index contributed by atoms with van der Waals surface area (Å²) in [5.41, 5.74) is 5.64. The molecule has 1 saturated heterocycles. The summed E-state index contributed by atoms with van der Waals surface area (Å²) in [5, 5.41) is 2.42. The predicted molar refractivity (Wildman–Crippen MR) is 85.0 cm³/mol. The standard InChI is InChI=1S/C15H21F2N3O.ClH/c1-10-3-2-6-20(14(10)8-18)9-15(21)19-13-7-11(16)4-5-12(13)17;/h4-5,7,10,14H,2-3,6,8-9,18H2,1H3,(H,19,21);1H. The number of carbonyl (C=O) groups excluding carboxylic acids is 1. The van der Waals surface area contributed by atoms with Crippen LogP contribution in [0.3, 0.4) is 0 Å². The summed E-state index contributed by atoms with van der Waals surface area (Å²) < 4.78 is 26.6. The molecule has 0 radical (unpaired) electrons. The molecule has 1 heterocycles. The Morgan fingerprint density at radius 1 is 1.45 bits per heavy atom. The van der Waals surface area contributed by atoms with Gasteiger partial charge in [-0.05, 0) is 37.4 Å². The van der Waals surface area contributed by atoms with Crippen molar-refractivity contribution in [2.24, 2.45) is 11.7 Å². The topological polar surface area (TPSA) is 58.4 Å². The third-order valence-electron chi connectivity index (χ3n) is 4.02. The molecule has 2 atom stereocenters. The van der Waals surface area contributed by atoms with E-state index in [1.54, 1.807) is 0 Å². The molecule has 0 spiro atoms. The van der Waals surface area contributed by atoms with E-state index in [4.69, 9.17) is 5.73 Å². The van der Waals surface area contributed by atoms with Gasteiger partial charge in [0.05, 0.1) is 12.2 Å². The van der Waals surface area contributed by atoms with Gasteiger partial charge in [0.15, 0.2) is 0 Å². The number of anilines is 1. The molecule has 2 rings (SSSR count). The Bertz CT molecular complexity index is 516. The summed E-state index contributed by atoms with van der Waals surface area (Å²) in [6.07, 6.45) is 2.11. The van der Waals surface area contributed by atoms with Crippen LogP contribution in [0, 0.1) is 17.6 Å². The number of rotatable bonds is 4. The van der Waals surface area contributed by atoms with Gasteiger partial charge in [-0.1, -0.05) is 6.92 Å². The Kier molecular flexibility index (Phi) is 7.19. The first-order chi connectivity index (χ1) is 10.0. The number of likely N-dealkylation sites (tertiary alicyclic amines) is 1. The predicted octanol–water partition coefficient (Wildman–Crippen LogP) is 2.38. The van der Waals surface area contributed by atoms with Crippen molar-refractivity contribution < 1.29 is 13.6 Å². The fraction of sp³-hybridized carbons (Fsp3) is 0.533. The van der Waals surface area contributed by atoms with Gasteiger partial charge in [0.25, 0.3) is 0 Å². The van der Waals surface area contributed by atoms with E-state index in [1.807, 2.05) is 4.90 Å². The largest absolute Gasteiger partial charge is 0.329 e. The van der Waals surface area contributed by atoms with Crippen LogP contribution in [0.15, 0.2) is 18.2 Å². The van der Waals surface area contributed by atoms with Crippen LogP contribution < -0.4 is 11.1 Å². The summed E-state index contributed by atoms with van der Waals surface area (Å²) >= 11 is 0. The molecule has 0 saturated carbocycles. The molecule has 4 nitrogen and oxygen atoms in total. The first-order valence-corrected chi connectivity index (χ1v) is 7.20. The van der Waals surface area contributed by atoms with Crippen LogP contribution in [-0.2, 0) is 4.79 Å². The van der Waals surface area contributed by atoms with Gasteiger partial charge in [0, 0.05) is 18.7 Å². The number of piperidine rings is 1. The first kappa shape index (κ1) is 18.8. The molecule has 3 N–H and O–H groups in total. The van der Waals surface area contributed by atoms with Crippen molar-refractivity contribution in [1.82, 2.24) is 4.90 Å². The molecule has 0 aromatic heterocycles. The summed E-state index contributed by atoms with van der Waals surface area (Å²) in [4.78, 5) is 14.0. The molecule has 0 bridgehead atoms. The normalized spacial score (nSPS) is 22.0. The molecule has 1 amide bonds. The molecule has 124 valence electrons. The zero-order valence-electron chi connectivity index (χ0n) is 12.5. The van der Waals surface area contributed by atoms with Crippen LogP contribution in [0.4, 0.5) is 14.5 Å². The lowest BCUT2D eigenvalue weighted by Crippen LogP contribution is -2.51. The van der Waals surface area contributed by atoms with Gasteiger partial charge in [-0.25, -0.2) is 8.78 Å². The molecule has 2 unspecified atom stereocenters. The second-order valence-corrected chi connectivity index (χ2v) is 5.57. The van der Waals surface area contributed by atoms with Crippen molar-refractivity contribution in [1.29, 1.82) is 0 Å². The van der Waals surface area contributed by atoms with E-state index < -0.39 is 11.6 Å². The lowest BCUT2D eigenvalue weighted by molar-refractivity contribution is -0.118. The fourth-order valence-corrected chi connectivity index (χ4v) is 2.88. The minimum Gasteiger partial charge on any atom is -0.329 e. The Morgan fingerprint density at radius 3 is 2.86 bits per heavy atom. The van der Waals surface area contributed by atoms with Gasteiger partial charge in [-0.2, -0.15) is 0 Å². The van der Waals surface area contributed by atoms with Crippen molar-refractivity contribution in [2.75, 3.05) is 25.0 Å². The molecule has 1 aliphatic heterocycles. The first-order valence-electron chi connectivity index (χ1n) is 7.20. The maximum absolute atomic E-state index is 13.5. The molecular formula is C15H22ClF2N3O. The maximum atomic E-state index is 13.5. The Morgan fingerprint density at radius 2 is 2.18 bits per heavy atom. The Hall–Kier alpha value is -1.24. The number of hydrogen-bond donors (Lipinski definition) is 2. The third kappa shape index (κ3) is 4.63. The molecule has 7 heteroatoms. The van der Waals surface area contributed by atoms with E-state index in [0.717, 1.165) is 37.6 Å². The maximum Gasteiger partial charge on any atom is 0.238 e. The van der Waals surface area contributed by atoms with Crippen LogP contribution in [0.25, 0.3) is 0 Å². The molecule has 1 aliphatic rings. The summed E-state index contributed by atoms with van der Waals surface area (Å²) in [6.45, 7) is 3.55. The highest BCUT2D eigenvalue weighted by molar-refractivity contribution is 5.92. The number of halogens is 3. The molecule has 1 aromatic carbocycles. The molecule has 1 aromatic rings. The number of amides is 1. The minimum absolute atomic E-state index is 0. The minimum atomic E-state index is -0.646. The second kappa shape index (κ2) is 8.41. The SMILES string of the molecule is CC1CCCN(CC(=O)Nc2cc(F)ccc2F)C1CN.Cl. The molecule has 22 heavy (non-hydrogen) atoms. The van der Waals surface area contributed by atoms with Gasteiger partial charge in [0.1, 0.15) is 11.6 Å². The third-order valence-corrected chi connectivity index (χ3v) is 4.02. The van der Waals surface area contributed by atoms with Gasteiger partial charge in [-0.15, -0.1) is 12.4 Å². The van der Waals surface area contributed by atoms with Crippen molar-refractivity contribution in [2.45, 2.75) is 25.8 Å². The van der Waals surface area contributed by atoms with Crippen LogP contribution in [0.1, 0.15) is 19.8 Å². The van der Waals surface area contributed by atoms with Crippen molar-refractivity contribution in [3.05, 3.63) is 29.8 Å². The van der Waals surface area contributed by atoms with E-state index in [-0.39, 0.29) is 36.6 Å². The molecule has 1 fully saturated rings. The van der Waals surface area contributed by atoms with E-state index in [1.165, 1.54) is 0 Å². The van der Waals surface area contributed by atoms with E-state index in [9.17, 15) is 13.6 Å². The van der Waals surface area contributed by atoms with Crippen molar-refractivity contribution >= 4 is 24.0 Å². The fourth-order valence-electron chi connectivity index (χ4n) is 2.88. The Balaban J connectivity index is 0.00000242. The lowest BCUT2D eigenvalue weighted by atomic mass is 9.91. The Labute approximate surface area is 135 Å². The monoisotopic (exact) mass is 333 g/mol. The number of benzene rings is 1. The highest BCUT2D eigenvalue weighted by atomic mass is 35.5. The van der Waals surface area contributed by atoms with Gasteiger partial charge >= 0.3 is 0 Å². The van der Waals surface area contributed by atoms with E-state index >= 15 is 0 Å². The summed E-state index contributed by atoms with van der Waals surface area (Å²) in [7, 11) is 0. The lowest BCUT2D eigenvalue weighted by Gasteiger charge is -2.38. The zero-order valence-corrected chi connectivity index (χ0v) is 13.3. The smallest absolute Gasteiger partial charge is 0.238 e. The van der Waals surface area contributed by atoms with Crippen LogP contribution in [0.2, 0.25) is 0 Å². The van der Waals surface area contributed by atoms with Crippen LogP contribution >= 0.6 is 12.4 Å². The highest BCUT2D eigenvalue weighted by Crippen LogP contribution is 2.22. The molecule has 0 aliphatic carbocycles. The molecular weight excluding hydrogens is 312 g/mol. The summed E-state index contributed by atoms with van der Waals surface area (Å²) in [6, 6.07) is 3.15. The van der Waals surface area contributed by atoms with Crippen LogP contribution in [0.5, 0.6) is 0 Å². The summed E-state index contributed by atoms with van der Waals surface area (Å²) in [5.74, 6) is -1.15. The average molecular weight is 334 g/mol.